The first-order chi connectivity index (χ1) is 7.86. The molecule has 0 radical (unpaired) electrons. The lowest BCUT2D eigenvalue weighted by Crippen LogP contribution is -2.17. The topological polar surface area (TPSA) is 29.9 Å². The average molecular weight is 241 g/mol. The SMILES string of the molecule is CCCNCCc1cn(CCSCC)cn1. The summed E-state index contributed by atoms with van der Waals surface area (Å²) in [7, 11) is 0. The summed E-state index contributed by atoms with van der Waals surface area (Å²) in [6.07, 6.45) is 6.35. The van der Waals surface area contributed by atoms with Gasteiger partial charge in [0, 0.05) is 31.5 Å². The van der Waals surface area contributed by atoms with Crippen molar-refractivity contribution in [3.63, 3.8) is 0 Å². The third kappa shape index (κ3) is 5.56. The quantitative estimate of drug-likeness (QED) is 0.672. The fraction of sp³-hybridized carbons (Fsp3) is 0.750. The molecular weight excluding hydrogens is 218 g/mol. The zero-order valence-corrected chi connectivity index (χ0v) is 11.2. The molecule has 0 atom stereocenters. The first-order valence-electron chi connectivity index (χ1n) is 6.16. The third-order valence-corrected chi connectivity index (χ3v) is 3.25. The van der Waals surface area contributed by atoms with Crippen LogP contribution >= 0.6 is 11.8 Å². The Labute approximate surface area is 103 Å². The predicted molar refractivity (Wildman–Crippen MR) is 72.1 cm³/mol. The van der Waals surface area contributed by atoms with Gasteiger partial charge in [0.25, 0.3) is 0 Å². The molecular formula is C12H23N3S. The van der Waals surface area contributed by atoms with E-state index in [1.54, 1.807) is 0 Å². The Morgan fingerprint density at radius 3 is 3.00 bits per heavy atom. The van der Waals surface area contributed by atoms with E-state index >= 15 is 0 Å². The molecule has 1 rings (SSSR count). The van der Waals surface area contributed by atoms with Crippen LogP contribution in [0.4, 0.5) is 0 Å². The lowest BCUT2D eigenvalue weighted by Gasteiger charge is -2.01. The molecule has 0 unspecified atom stereocenters. The largest absolute Gasteiger partial charge is 0.336 e. The minimum atomic E-state index is 1.04. The second-order valence-electron chi connectivity index (χ2n) is 3.80. The van der Waals surface area contributed by atoms with Crippen LogP contribution in [0, 0.1) is 0 Å². The summed E-state index contributed by atoms with van der Waals surface area (Å²) in [6, 6.07) is 0. The molecule has 1 aromatic rings. The Hall–Kier alpha value is -0.480. The molecule has 0 saturated heterocycles. The smallest absolute Gasteiger partial charge is 0.0949 e. The second-order valence-corrected chi connectivity index (χ2v) is 5.19. The highest BCUT2D eigenvalue weighted by molar-refractivity contribution is 7.99. The van der Waals surface area contributed by atoms with Crippen LogP contribution in [0.3, 0.4) is 0 Å². The standard InChI is InChI=1S/C12H23N3S/c1-3-6-13-7-5-12-10-15(11-14-12)8-9-16-4-2/h10-11,13H,3-9H2,1-2H3. The van der Waals surface area contributed by atoms with Gasteiger partial charge in [-0.05, 0) is 18.7 Å². The molecule has 1 heterocycles. The highest BCUT2D eigenvalue weighted by atomic mass is 32.2. The van der Waals surface area contributed by atoms with Crippen LogP contribution in [0.25, 0.3) is 0 Å². The van der Waals surface area contributed by atoms with Crippen LogP contribution in [-0.2, 0) is 13.0 Å². The Morgan fingerprint density at radius 2 is 2.25 bits per heavy atom. The number of aromatic nitrogens is 2. The van der Waals surface area contributed by atoms with Gasteiger partial charge in [-0.15, -0.1) is 0 Å². The lowest BCUT2D eigenvalue weighted by atomic mass is 10.3. The average Bonchev–Trinajstić information content (AvgIpc) is 2.73. The van der Waals surface area contributed by atoms with Gasteiger partial charge in [-0.3, -0.25) is 0 Å². The molecule has 0 aliphatic carbocycles. The number of nitrogens with one attached hydrogen (secondary N) is 1. The Bertz CT molecular complexity index is 273. The van der Waals surface area contributed by atoms with E-state index < -0.39 is 0 Å². The molecule has 0 aliphatic rings. The van der Waals surface area contributed by atoms with Crippen LogP contribution in [0.2, 0.25) is 0 Å². The molecule has 1 aromatic heterocycles. The Kier molecular flexibility index (Phi) is 7.34. The fourth-order valence-electron chi connectivity index (χ4n) is 1.49. The summed E-state index contributed by atoms with van der Waals surface area (Å²) >= 11 is 1.98. The number of rotatable bonds is 9. The van der Waals surface area contributed by atoms with Gasteiger partial charge in [-0.2, -0.15) is 11.8 Å². The summed E-state index contributed by atoms with van der Waals surface area (Å²) in [5.74, 6) is 2.38. The van der Waals surface area contributed by atoms with E-state index in [2.05, 4.69) is 34.9 Å². The van der Waals surface area contributed by atoms with Gasteiger partial charge in [0.2, 0.25) is 0 Å². The molecule has 16 heavy (non-hydrogen) atoms. The van der Waals surface area contributed by atoms with Crippen LogP contribution in [0.1, 0.15) is 26.0 Å². The van der Waals surface area contributed by atoms with Gasteiger partial charge < -0.3 is 9.88 Å². The molecule has 0 spiro atoms. The fourth-order valence-corrected chi connectivity index (χ4v) is 2.12. The second kappa shape index (κ2) is 8.65. The molecule has 1 N–H and O–H groups in total. The van der Waals surface area contributed by atoms with Gasteiger partial charge >= 0.3 is 0 Å². The van der Waals surface area contributed by atoms with Crippen molar-refractivity contribution in [3.05, 3.63) is 18.2 Å². The van der Waals surface area contributed by atoms with E-state index in [4.69, 9.17) is 0 Å². The van der Waals surface area contributed by atoms with Crippen molar-refractivity contribution in [1.29, 1.82) is 0 Å². The molecule has 0 amide bonds. The highest BCUT2D eigenvalue weighted by Gasteiger charge is 1.98. The molecule has 0 fully saturated rings. The number of nitrogens with zero attached hydrogens (tertiary/aromatic N) is 2. The maximum atomic E-state index is 4.41. The normalized spacial score (nSPS) is 10.9. The third-order valence-electron chi connectivity index (χ3n) is 2.37. The van der Waals surface area contributed by atoms with E-state index in [0.717, 1.165) is 26.1 Å². The summed E-state index contributed by atoms with van der Waals surface area (Å²) in [5, 5.41) is 3.39. The Morgan fingerprint density at radius 1 is 1.38 bits per heavy atom. The number of aryl methyl sites for hydroxylation is 1. The van der Waals surface area contributed by atoms with Gasteiger partial charge in [0.1, 0.15) is 0 Å². The van der Waals surface area contributed by atoms with Crippen LogP contribution in [0.15, 0.2) is 12.5 Å². The van der Waals surface area contributed by atoms with Crippen molar-refractivity contribution in [1.82, 2.24) is 14.9 Å². The van der Waals surface area contributed by atoms with Crippen molar-refractivity contribution in [2.75, 3.05) is 24.6 Å². The van der Waals surface area contributed by atoms with Crippen molar-refractivity contribution in [3.8, 4) is 0 Å². The minimum Gasteiger partial charge on any atom is -0.336 e. The van der Waals surface area contributed by atoms with E-state index in [1.807, 2.05) is 18.1 Å². The first-order valence-corrected chi connectivity index (χ1v) is 7.31. The molecule has 0 saturated carbocycles. The monoisotopic (exact) mass is 241 g/mol. The number of imidazole rings is 1. The predicted octanol–water partition coefficient (Wildman–Crippen LogP) is 2.18. The van der Waals surface area contributed by atoms with Crippen LogP contribution < -0.4 is 5.32 Å². The summed E-state index contributed by atoms with van der Waals surface area (Å²) in [6.45, 7) is 7.60. The number of hydrogen-bond acceptors (Lipinski definition) is 3. The number of thioether (sulfide) groups is 1. The maximum Gasteiger partial charge on any atom is 0.0949 e. The van der Waals surface area contributed by atoms with Gasteiger partial charge in [0.15, 0.2) is 0 Å². The van der Waals surface area contributed by atoms with Crippen molar-refractivity contribution < 1.29 is 0 Å². The summed E-state index contributed by atoms with van der Waals surface area (Å²) in [4.78, 5) is 4.41. The van der Waals surface area contributed by atoms with Crippen molar-refractivity contribution >= 4 is 11.8 Å². The number of hydrogen-bond donors (Lipinski definition) is 1. The van der Waals surface area contributed by atoms with Gasteiger partial charge in [-0.25, -0.2) is 4.98 Å². The molecule has 3 nitrogen and oxygen atoms in total. The van der Waals surface area contributed by atoms with E-state index in [9.17, 15) is 0 Å². The van der Waals surface area contributed by atoms with Gasteiger partial charge in [0.05, 0.1) is 12.0 Å². The minimum absolute atomic E-state index is 1.04. The van der Waals surface area contributed by atoms with Crippen LogP contribution in [0.5, 0.6) is 0 Å². The van der Waals surface area contributed by atoms with Gasteiger partial charge in [-0.1, -0.05) is 13.8 Å². The van der Waals surface area contributed by atoms with Crippen molar-refractivity contribution in [2.45, 2.75) is 33.2 Å². The highest BCUT2D eigenvalue weighted by Crippen LogP contribution is 2.02. The zero-order valence-electron chi connectivity index (χ0n) is 10.4. The summed E-state index contributed by atoms with van der Waals surface area (Å²) < 4.78 is 2.19. The molecule has 92 valence electrons. The maximum absolute atomic E-state index is 4.41. The van der Waals surface area contributed by atoms with E-state index in [-0.39, 0.29) is 0 Å². The van der Waals surface area contributed by atoms with E-state index in [0.29, 0.717) is 0 Å². The zero-order chi connectivity index (χ0) is 11.6. The first kappa shape index (κ1) is 13.6. The van der Waals surface area contributed by atoms with Crippen LogP contribution in [-0.4, -0.2) is 34.1 Å². The lowest BCUT2D eigenvalue weighted by molar-refractivity contribution is 0.666. The van der Waals surface area contributed by atoms with E-state index in [1.165, 1.54) is 23.6 Å². The van der Waals surface area contributed by atoms with Crippen molar-refractivity contribution in [2.24, 2.45) is 0 Å². The molecule has 0 aliphatic heterocycles. The Balaban J connectivity index is 2.17. The molecule has 0 bridgehead atoms. The summed E-state index contributed by atoms with van der Waals surface area (Å²) in [5.41, 5.74) is 1.20. The molecule has 4 heteroatoms. The molecule has 0 aromatic carbocycles.